The summed E-state index contributed by atoms with van der Waals surface area (Å²) < 4.78 is 28.7. The van der Waals surface area contributed by atoms with Gasteiger partial charge in [-0.25, -0.2) is 13.4 Å². The van der Waals surface area contributed by atoms with Crippen molar-refractivity contribution in [2.75, 3.05) is 32.6 Å². The van der Waals surface area contributed by atoms with Crippen molar-refractivity contribution in [2.45, 2.75) is 38.1 Å². The monoisotopic (exact) mass is 507 g/mol. The Morgan fingerprint density at radius 3 is 2.67 bits per heavy atom. The molecule has 1 aliphatic rings. The van der Waals surface area contributed by atoms with Crippen LogP contribution in [-0.2, 0) is 21.1 Å². The van der Waals surface area contributed by atoms with Gasteiger partial charge >= 0.3 is 0 Å². The number of sulfone groups is 1. The van der Waals surface area contributed by atoms with Crippen LogP contribution in [0.4, 0.5) is 0 Å². The number of ether oxygens (including phenoxy) is 1. The number of aliphatic imine (C=N–C) groups is 1. The molecule has 0 fully saturated rings. The van der Waals surface area contributed by atoms with Gasteiger partial charge in [0, 0.05) is 19.3 Å². The standard InChI is InChI=1S/C19H29N3O3S.HI/c1-4-20-19(21-10-7-16-8-11-25-12-9-16)22-14-17-5-6-18(15(2)13-17)26(3,23)24;/h5-6,8,13H,4,7,9-12,14H2,1-3H3,(H2,20,21,22);1H. The van der Waals surface area contributed by atoms with Crippen LogP contribution < -0.4 is 10.6 Å². The fraction of sp³-hybridized carbons (Fsp3) is 0.526. The molecular weight excluding hydrogens is 477 g/mol. The van der Waals surface area contributed by atoms with E-state index >= 15 is 0 Å². The first-order valence-electron chi connectivity index (χ1n) is 8.97. The van der Waals surface area contributed by atoms with Crippen molar-refractivity contribution >= 4 is 39.8 Å². The molecule has 1 aromatic rings. The van der Waals surface area contributed by atoms with Crippen molar-refractivity contribution in [3.63, 3.8) is 0 Å². The average molecular weight is 507 g/mol. The van der Waals surface area contributed by atoms with E-state index < -0.39 is 9.84 Å². The zero-order chi connectivity index (χ0) is 19.0. The van der Waals surface area contributed by atoms with E-state index in [9.17, 15) is 8.42 Å². The minimum Gasteiger partial charge on any atom is -0.377 e. The average Bonchev–Trinajstić information content (AvgIpc) is 2.59. The molecule has 1 aliphatic heterocycles. The molecule has 6 nitrogen and oxygen atoms in total. The lowest BCUT2D eigenvalue weighted by molar-refractivity contribution is 0.153. The van der Waals surface area contributed by atoms with Gasteiger partial charge in [0.05, 0.1) is 24.7 Å². The van der Waals surface area contributed by atoms with E-state index in [1.807, 2.05) is 26.0 Å². The summed E-state index contributed by atoms with van der Waals surface area (Å²) in [6.45, 7) is 7.47. The Hall–Kier alpha value is -1.13. The molecule has 0 radical (unpaired) electrons. The number of aryl methyl sites for hydroxylation is 1. The van der Waals surface area contributed by atoms with Gasteiger partial charge < -0.3 is 15.4 Å². The molecule has 0 atom stereocenters. The zero-order valence-corrected chi connectivity index (χ0v) is 19.4. The summed E-state index contributed by atoms with van der Waals surface area (Å²) in [7, 11) is -3.19. The first kappa shape index (κ1) is 23.9. The Kier molecular flexibility index (Phi) is 10.3. The molecule has 1 aromatic carbocycles. The molecule has 2 N–H and O–H groups in total. The predicted molar refractivity (Wildman–Crippen MR) is 121 cm³/mol. The highest BCUT2D eigenvalue weighted by molar-refractivity contribution is 14.0. The number of halogens is 1. The number of nitrogens with zero attached hydrogens (tertiary/aromatic N) is 1. The molecule has 8 heteroatoms. The van der Waals surface area contributed by atoms with Crippen molar-refractivity contribution < 1.29 is 13.2 Å². The van der Waals surface area contributed by atoms with Gasteiger partial charge in [0.25, 0.3) is 0 Å². The summed E-state index contributed by atoms with van der Waals surface area (Å²) >= 11 is 0. The van der Waals surface area contributed by atoms with Crippen LogP contribution in [0.2, 0.25) is 0 Å². The van der Waals surface area contributed by atoms with Crippen LogP contribution in [0.5, 0.6) is 0 Å². The summed E-state index contributed by atoms with van der Waals surface area (Å²) in [6.07, 6.45) is 5.37. The van der Waals surface area contributed by atoms with E-state index in [2.05, 4.69) is 21.7 Å². The van der Waals surface area contributed by atoms with Crippen LogP contribution in [0.3, 0.4) is 0 Å². The zero-order valence-electron chi connectivity index (χ0n) is 16.2. The fourth-order valence-corrected chi connectivity index (χ4v) is 3.83. The smallest absolute Gasteiger partial charge is 0.191 e. The Balaban J connectivity index is 0.00000364. The number of nitrogens with one attached hydrogen (secondary N) is 2. The van der Waals surface area contributed by atoms with Gasteiger partial charge in [0.1, 0.15) is 0 Å². The second-order valence-corrected chi connectivity index (χ2v) is 8.42. The van der Waals surface area contributed by atoms with E-state index in [1.54, 1.807) is 6.07 Å². The van der Waals surface area contributed by atoms with E-state index in [0.29, 0.717) is 18.0 Å². The maximum absolute atomic E-state index is 11.7. The Morgan fingerprint density at radius 1 is 1.30 bits per heavy atom. The van der Waals surface area contributed by atoms with Crippen molar-refractivity contribution in [3.05, 3.63) is 41.0 Å². The molecule has 0 saturated heterocycles. The summed E-state index contributed by atoms with van der Waals surface area (Å²) in [5.41, 5.74) is 3.16. The molecule has 2 rings (SSSR count). The topological polar surface area (TPSA) is 79.8 Å². The van der Waals surface area contributed by atoms with Gasteiger partial charge in [-0.1, -0.05) is 23.8 Å². The number of benzene rings is 1. The maximum atomic E-state index is 11.7. The molecule has 1 heterocycles. The van der Waals surface area contributed by atoms with Crippen molar-refractivity contribution in [2.24, 2.45) is 4.99 Å². The minimum absolute atomic E-state index is 0. The minimum atomic E-state index is -3.19. The molecule has 0 unspecified atom stereocenters. The molecule has 0 aliphatic carbocycles. The van der Waals surface area contributed by atoms with Gasteiger partial charge in [-0.3, -0.25) is 0 Å². The van der Waals surface area contributed by atoms with Gasteiger partial charge in [-0.15, -0.1) is 24.0 Å². The quantitative estimate of drug-likeness (QED) is 0.257. The third-order valence-electron chi connectivity index (χ3n) is 4.20. The lowest BCUT2D eigenvalue weighted by atomic mass is 10.1. The number of guanidine groups is 1. The summed E-state index contributed by atoms with van der Waals surface area (Å²) in [6, 6.07) is 5.37. The fourth-order valence-electron chi connectivity index (χ4n) is 2.87. The number of hydrogen-bond acceptors (Lipinski definition) is 4. The molecule has 27 heavy (non-hydrogen) atoms. The molecule has 0 spiro atoms. The van der Waals surface area contributed by atoms with Crippen LogP contribution in [0.1, 0.15) is 30.9 Å². The van der Waals surface area contributed by atoms with Crippen LogP contribution in [-0.4, -0.2) is 46.9 Å². The largest absolute Gasteiger partial charge is 0.377 e. The maximum Gasteiger partial charge on any atom is 0.191 e. The van der Waals surface area contributed by atoms with E-state index in [-0.39, 0.29) is 24.0 Å². The predicted octanol–water partition coefficient (Wildman–Crippen LogP) is 2.81. The van der Waals surface area contributed by atoms with Crippen LogP contribution in [0.25, 0.3) is 0 Å². The van der Waals surface area contributed by atoms with Gasteiger partial charge in [-0.05, 0) is 43.9 Å². The molecule has 152 valence electrons. The third kappa shape index (κ3) is 8.18. The van der Waals surface area contributed by atoms with Gasteiger partial charge in [-0.2, -0.15) is 0 Å². The highest BCUT2D eigenvalue weighted by atomic mass is 127. The van der Waals surface area contributed by atoms with Gasteiger partial charge in [0.2, 0.25) is 0 Å². The highest BCUT2D eigenvalue weighted by Gasteiger charge is 2.10. The second kappa shape index (κ2) is 11.7. The third-order valence-corrected chi connectivity index (χ3v) is 5.46. The first-order valence-corrected chi connectivity index (χ1v) is 10.9. The highest BCUT2D eigenvalue weighted by Crippen LogP contribution is 2.17. The van der Waals surface area contributed by atoms with E-state index in [4.69, 9.17) is 4.74 Å². The van der Waals surface area contributed by atoms with Crippen LogP contribution in [0.15, 0.2) is 39.7 Å². The summed E-state index contributed by atoms with van der Waals surface area (Å²) in [5, 5.41) is 6.59. The van der Waals surface area contributed by atoms with Gasteiger partial charge in [0.15, 0.2) is 15.8 Å². The summed E-state index contributed by atoms with van der Waals surface area (Å²) in [4.78, 5) is 4.98. The van der Waals surface area contributed by atoms with E-state index in [0.717, 1.165) is 49.6 Å². The molecule has 0 bridgehead atoms. The van der Waals surface area contributed by atoms with Crippen molar-refractivity contribution in [1.29, 1.82) is 0 Å². The lowest BCUT2D eigenvalue weighted by Crippen LogP contribution is -2.38. The molecule has 0 saturated carbocycles. The SMILES string of the molecule is CCNC(=NCc1ccc(S(C)(=O)=O)c(C)c1)NCCC1=CCOCC1.I. The Morgan fingerprint density at radius 2 is 2.07 bits per heavy atom. The van der Waals surface area contributed by atoms with Crippen molar-refractivity contribution in [1.82, 2.24) is 10.6 Å². The Bertz CT molecular complexity index is 776. The van der Waals surface area contributed by atoms with E-state index in [1.165, 1.54) is 11.8 Å². The molecule has 0 amide bonds. The molecule has 0 aromatic heterocycles. The first-order chi connectivity index (χ1) is 12.4. The normalized spacial score (nSPS) is 14.9. The van der Waals surface area contributed by atoms with Crippen LogP contribution >= 0.6 is 24.0 Å². The second-order valence-electron chi connectivity index (χ2n) is 6.43. The Labute approximate surface area is 179 Å². The number of rotatable bonds is 7. The van der Waals surface area contributed by atoms with Crippen molar-refractivity contribution in [3.8, 4) is 0 Å². The van der Waals surface area contributed by atoms with Crippen LogP contribution in [0, 0.1) is 6.92 Å². The lowest BCUT2D eigenvalue weighted by Gasteiger charge is -2.15. The molecular formula is C19H30IN3O3S. The summed E-state index contributed by atoms with van der Waals surface area (Å²) in [5.74, 6) is 0.769. The number of hydrogen-bond donors (Lipinski definition) is 2.